The molecule has 25 heavy (non-hydrogen) atoms. The molecule has 1 amide bonds. The summed E-state index contributed by atoms with van der Waals surface area (Å²) < 4.78 is 10.7. The predicted octanol–water partition coefficient (Wildman–Crippen LogP) is 2.47. The molecule has 6 nitrogen and oxygen atoms in total. The van der Waals surface area contributed by atoms with E-state index >= 15 is 0 Å². The maximum absolute atomic E-state index is 12.3. The molecule has 2 aromatic rings. The molecule has 1 aliphatic rings. The molecule has 0 spiro atoms. The minimum atomic E-state index is -0.0869. The summed E-state index contributed by atoms with van der Waals surface area (Å²) in [4.78, 5) is 19.2. The van der Waals surface area contributed by atoms with E-state index in [4.69, 9.17) is 9.47 Å². The molecule has 1 fully saturated rings. The third-order valence-electron chi connectivity index (χ3n) is 4.07. The highest BCUT2D eigenvalue weighted by molar-refractivity contribution is 7.13. The third kappa shape index (κ3) is 5.01. The Balaban J connectivity index is 1.57. The Bertz CT molecular complexity index is 726. The van der Waals surface area contributed by atoms with Crippen molar-refractivity contribution in [1.29, 1.82) is 0 Å². The van der Waals surface area contributed by atoms with Gasteiger partial charge in [-0.05, 0) is 13.0 Å². The zero-order valence-corrected chi connectivity index (χ0v) is 15.4. The molecule has 1 saturated heterocycles. The first-order valence-electron chi connectivity index (χ1n) is 8.32. The Hall–Kier alpha value is -1.96. The van der Waals surface area contributed by atoms with E-state index in [2.05, 4.69) is 15.2 Å². The normalized spacial score (nSPS) is 15.1. The Morgan fingerprint density at radius 3 is 2.96 bits per heavy atom. The van der Waals surface area contributed by atoms with Crippen LogP contribution in [-0.2, 0) is 22.5 Å². The van der Waals surface area contributed by atoms with Gasteiger partial charge in [0.15, 0.2) is 5.13 Å². The predicted molar refractivity (Wildman–Crippen MR) is 98.3 cm³/mol. The van der Waals surface area contributed by atoms with Gasteiger partial charge in [0.2, 0.25) is 5.91 Å². The highest BCUT2D eigenvalue weighted by Crippen LogP contribution is 2.22. The number of hydrogen-bond acceptors (Lipinski definition) is 6. The van der Waals surface area contributed by atoms with Gasteiger partial charge in [0.25, 0.3) is 0 Å². The molecule has 1 aromatic heterocycles. The largest absolute Gasteiger partial charge is 0.496 e. The van der Waals surface area contributed by atoms with E-state index in [1.54, 1.807) is 7.11 Å². The number of carbonyl (C=O) groups excluding carboxylic acids is 1. The number of rotatable bonds is 6. The average Bonchev–Trinajstić information content (AvgIpc) is 3.02. The number of thiazole rings is 1. The molecular formula is C18H23N3O3S. The molecule has 1 N–H and O–H groups in total. The van der Waals surface area contributed by atoms with Crippen LogP contribution in [0.15, 0.2) is 23.6 Å². The number of amides is 1. The smallest absolute Gasteiger partial charge is 0.230 e. The van der Waals surface area contributed by atoms with Gasteiger partial charge in [0.05, 0.1) is 32.4 Å². The summed E-state index contributed by atoms with van der Waals surface area (Å²) in [5.74, 6) is 0.643. The number of aromatic nitrogens is 1. The maximum atomic E-state index is 12.3. The number of carbonyl (C=O) groups is 1. The van der Waals surface area contributed by atoms with Crippen LogP contribution in [0, 0.1) is 6.92 Å². The lowest BCUT2D eigenvalue weighted by Crippen LogP contribution is -2.35. The molecule has 0 atom stereocenters. The minimum Gasteiger partial charge on any atom is -0.496 e. The number of aryl methyl sites for hydroxylation is 1. The molecule has 0 bridgehead atoms. The summed E-state index contributed by atoms with van der Waals surface area (Å²) in [6.45, 7) is 6.18. The fourth-order valence-corrected chi connectivity index (χ4v) is 3.52. The number of morpholine rings is 1. The van der Waals surface area contributed by atoms with E-state index < -0.39 is 0 Å². The molecule has 0 aliphatic carbocycles. The van der Waals surface area contributed by atoms with Crippen molar-refractivity contribution in [3.8, 4) is 5.75 Å². The van der Waals surface area contributed by atoms with E-state index in [0.29, 0.717) is 5.13 Å². The Morgan fingerprint density at radius 2 is 2.20 bits per heavy atom. The standard InChI is InChI=1S/C18H23N3O3S/c1-13-3-4-16(23-2)14(9-13)10-17(22)20-18-19-15(12-25-18)11-21-5-7-24-8-6-21/h3-4,9,12H,5-8,10-11H2,1-2H3,(H,19,20,22). The summed E-state index contributed by atoms with van der Waals surface area (Å²) in [7, 11) is 1.62. The zero-order chi connectivity index (χ0) is 17.6. The number of ether oxygens (including phenoxy) is 2. The number of nitrogens with zero attached hydrogens (tertiary/aromatic N) is 2. The van der Waals surface area contributed by atoms with Gasteiger partial charge in [-0.2, -0.15) is 0 Å². The van der Waals surface area contributed by atoms with Crippen molar-refractivity contribution < 1.29 is 14.3 Å². The fraction of sp³-hybridized carbons (Fsp3) is 0.444. The lowest BCUT2D eigenvalue weighted by molar-refractivity contribution is -0.115. The van der Waals surface area contributed by atoms with Crippen molar-refractivity contribution in [2.75, 3.05) is 38.7 Å². The first kappa shape index (κ1) is 17.8. The van der Waals surface area contributed by atoms with Crippen LogP contribution >= 0.6 is 11.3 Å². The highest BCUT2D eigenvalue weighted by atomic mass is 32.1. The molecule has 1 aromatic carbocycles. The summed E-state index contributed by atoms with van der Waals surface area (Å²) >= 11 is 1.46. The van der Waals surface area contributed by atoms with Crippen molar-refractivity contribution in [1.82, 2.24) is 9.88 Å². The lowest BCUT2D eigenvalue weighted by atomic mass is 10.1. The molecule has 2 heterocycles. The maximum Gasteiger partial charge on any atom is 0.230 e. The van der Waals surface area contributed by atoms with Gasteiger partial charge in [0, 0.05) is 30.6 Å². The topological polar surface area (TPSA) is 63.7 Å². The van der Waals surface area contributed by atoms with Crippen LogP contribution in [0.2, 0.25) is 0 Å². The van der Waals surface area contributed by atoms with Crippen LogP contribution in [0.1, 0.15) is 16.8 Å². The second kappa shape index (κ2) is 8.42. The van der Waals surface area contributed by atoms with E-state index in [1.165, 1.54) is 11.3 Å². The monoisotopic (exact) mass is 361 g/mol. The van der Waals surface area contributed by atoms with Gasteiger partial charge < -0.3 is 14.8 Å². The van der Waals surface area contributed by atoms with Crippen molar-refractivity contribution >= 4 is 22.4 Å². The Morgan fingerprint density at radius 1 is 1.40 bits per heavy atom. The number of methoxy groups -OCH3 is 1. The highest BCUT2D eigenvalue weighted by Gasteiger charge is 2.14. The summed E-state index contributed by atoms with van der Waals surface area (Å²) in [5, 5.41) is 5.53. The van der Waals surface area contributed by atoms with E-state index in [1.807, 2.05) is 30.5 Å². The number of nitrogens with one attached hydrogen (secondary N) is 1. The lowest BCUT2D eigenvalue weighted by Gasteiger charge is -2.25. The Labute approximate surface area is 151 Å². The van der Waals surface area contributed by atoms with E-state index in [-0.39, 0.29) is 12.3 Å². The van der Waals surface area contributed by atoms with Crippen LogP contribution in [0.25, 0.3) is 0 Å². The van der Waals surface area contributed by atoms with Crippen LogP contribution in [-0.4, -0.2) is 49.2 Å². The van der Waals surface area contributed by atoms with Gasteiger partial charge in [-0.1, -0.05) is 17.7 Å². The summed E-state index contributed by atoms with van der Waals surface area (Å²) in [6.07, 6.45) is 0.267. The molecule has 0 saturated carbocycles. The molecule has 134 valence electrons. The van der Waals surface area contributed by atoms with Crippen LogP contribution in [0.5, 0.6) is 5.75 Å². The summed E-state index contributed by atoms with van der Waals surface area (Å²) in [6, 6.07) is 5.84. The molecule has 0 radical (unpaired) electrons. The molecular weight excluding hydrogens is 338 g/mol. The van der Waals surface area contributed by atoms with Crippen LogP contribution in [0.3, 0.4) is 0 Å². The number of anilines is 1. The third-order valence-corrected chi connectivity index (χ3v) is 4.88. The number of hydrogen-bond donors (Lipinski definition) is 1. The summed E-state index contributed by atoms with van der Waals surface area (Å²) in [5.41, 5.74) is 2.96. The molecule has 7 heteroatoms. The second-order valence-electron chi connectivity index (χ2n) is 6.07. The number of benzene rings is 1. The fourth-order valence-electron chi connectivity index (χ4n) is 2.81. The van der Waals surface area contributed by atoms with Gasteiger partial charge in [0.1, 0.15) is 5.75 Å². The molecule has 0 unspecified atom stereocenters. The van der Waals surface area contributed by atoms with Crippen molar-refractivity contribution in [2.45, 2.75) is 19.9 Å². The van der Waals surface area contributed by atoms with Gasteiger partial charge in [-0.25, -0.2) is 4.98 Å². The molecule has 1 aliphatic heterocycles. The van der Waals surface area contributed by atoms with Gasteiger partial charge in [-0.15, -0.1) is 11.3 Å². The van der Waals surface area contributed by atoms with E-state index in [0.717, 1.165) is 55.4 Å². The Kier molecular flexibility index (Phi) is 6.01. The van der Waals surface area contributed by atoms with Crippen molar-refractivity contribution in [3.63, 3.8) is 0 Å². The average molecular weight is 361 g/mol. The SMILES string of the molecule is COc1ccc(C)cc1CC(=O)Nc1nc(CN2CCOCC2)cs1. The van der Waals surface area contributed by atoms with Crippen molar-refractivity contribution in [3.05, 3.63) is 40.4 Å². The molecule has 3 rings (SSSR count). The van der Waals surface area contributed by atoms with Crippen LogP contribution < -0.4 is 10.1 Å². The first-order valence-corrected chi connectivity index (χ1v) is 9.20. The first-order chi connectivity index (χ1) is 12.1. The van der Waals surface area contributed by atoms with Gasteiger partial charge >= 0.3 is 0 Å². The zero-order valence-electron chi connectivity index (χ0n) is 14.6. The van der Waals surface area contributed by atoms with Crippen molar-refractivity contribution in [2.24, 2.45) is 0 Å². The van der Waals surface area contributed by atoms with Crippen LogP contribution in [0.4, 0.5) is 5.13 Å². The van der Waals surface area contributed by atoms with E-state index in [9.17, 15) is 4.79 Å². The van der Waals surface area contributed by atoms with Gasteiger partial charge in [-0.3, -0.25) is 9.69 Å². The minimum absolute atomic E-state index is 0.0869. The second-order valence-corrected chi connectivity index (χ2v) is 6.93. The quantitative estimate of drug-likeness (QED) is 0.856.